The van der Waals surface area contributed by atoms with Gasteiger partial charge in [-0.05, 0) is 18.4 Å². The summed E-state index contributed by atoms with van der Waals surface area (Å²) in [5, 5.41) is 10.6. The average Bonchev–Trinajstić information content (AvgIpc) is 2.95. The zero-order chi connectivity index (χ0) is 25.7. The van der Waals surface area contributed by atoms with Crippen LogP contribution in [0.2, 0.25) is 0 Å². The molecular weight excluding hydrogens is 454 g/mol. The van der Waals surface area contributed by atoms with Crippen molar-refractivity contribution in [3.63, 3.8) is 0 Å². The van der Waals surface area contributed by atoms with Crippen molar-refractivity contribution in [2.75, 3.05) is 0 Å². The smallest absolute Gasteiger partial charge is 0.164 e. The van der Waals surface area contributed by atoms with E-state index in [4.69, 9.17) is 15.0 Å². The zero-order valence-corrected chi connectivity index (χ0v) is 22.0. The minimum absolute atomic E-state index is 0.294. The van der Waals surface area contributed by atoms with Gasteiger partial charge in [0.1, 0.15) is 0 Å². The maximum absolute atomic E-state index is 10.6. The molecule has 1 N–H and O–H groups in total. The van der Waals surface area contributed by atoms with E-state index < -0.39 is 0 Å². The molecule has 0 saturated carbocycles. The van der Waals surface area contributed by atoms with Crippen molar-refractivity contribution < 1.29 is 5.11 Å². The highest BCUT2D eigenvalue weighted by atomic mass is 16.3. The Kier molecular flexibility index (Phi) is 10.4. The lowest BCUT2D eigenvalue weighted by Crippen LogP contribution is -2.10. The Labute approximate surface area is 221 Å². The number of aromatic nitrogens is 3. The molecule has 0 amide bonds. The van der Waals surface area contributed by atoms with Crippen molar-refractivity contribution in [2.24, 2.45) is 0 Å². The van der Waals surface area contributed by atoms with Gasteiger partial charge >= 0.3 is 0 Å². The lowest BCUT2D eigenvalue weighted by molar-refractivity contribution is 0.161. The van der Waals surface area contributed by atoms with E-state index in [1.165, 1.54) is 44.9 Å². The fourth-order valence-electron chi connectivity index (χ4n) is 4.62. The van der Waals surface area contributed by atoms with Crippen LogP contribution < -0.4 is 0 Å². The summed E-state index contributed by atoms with van der Waals surface area (Å²) < 4.78 is 0. The van der Waals surface area contributed by atoms with Gasteiger partial charge in [-0.15, -0.1) is 0 Å². The molecule has 0 bridgehead atoms. The molecule has 0 aliphatic heterocycles. The molecule has 1 unspecified atom stereocenters. The second-order valence-corrected chi connectivity index (χ2v) is 9.86. The van der Waals surface area contributed by atoms with E-state index in [1.54, 1.807) is 0 Å². The average molecular weight is 494 g/mol. The minimum Gasteiger partial charge on any atom is -0.393 e. The van der Waals surface area contributed by atoms with Gasteiger partial charge in [0.2, 0.25) is 0 Å². The molecule has 0 radical (unpaired) electrons. The van der Waals surface area contributed by atoms with Crippen LogP contribution in [0.3, 0.4) is 0 Å². The Balaban J connectivity index is 1.40. The summed E-state index contributed by atoms with van der Waals surface area (Å²) in [5.74, 6) is 1.97. The molecule has 0 aliphatic carbocycles. The third-order valence-electron chi connectivity index (χ3n) is 6.77. The lowest BCUT2D eigenvalue weighted by atomic mass is 10.0. The Bertz CT molecular complexity index is 1140. The standard InChI is InChI=1S/C33H39N3O/c1-2-3-4-5-6-7-8-15-20-30(37)25-26-21-23-29(24-22-26)33-35-31(27-16-11-9-12-17-27)34-32(36-33)28-18-13-10-14-19-28/h9-14,16-19,21-24,30,37H,2-8,15,20,25H2,1H3. The molecule has 1 atom stereocenters. The van der Waals surface area contributed by atoms with E-state index in [0.717, 1.165) is 35.1 Å². The predicted octanol–water partition coefficient (Wildman–Crippen LogP) is 8.31. The summed E-state index contributed by atoms with van der Waals surface area (Å²) in [5.41, 5.74) is 4.00. The van der Waals surface area contributed by atoms with Crippen molar-refractivity contribution in [1.82, 2.24) is 15.0 Å². The maximum Gasteiger partial charge on any atom is 0.164 e. The molecule has 192 valence electrons. The largest absolute Gasteiger partial charge is 0.393 e. The number of unbranched alkanes of at least 4 members (excludes halogenated alkanes) is 7. The molecule has 0 fully saturated rings. The third-order valence-corrected chi connectivity index (χ3v) is 6.77. The number of hydrogen-bond donors (Lipinski definition) is 1. The molecular formula is C33H39N3O. The highest BCUT2D eigenvalue weighted by Crippen LogP contribution is 2.25. The summed E-state index contributed by atoms with van der Waals surface area (Å²) in [6.45, 7) is 2.26. The van der Waals surface area contributed by atoms with E-state index in [2.05, 4.69) is 31.2 Å². The van der Waals surface area contributed by atoms with Crippen molar-refractivity contribution in [3.8, 4) is 34.2 Å². The zero-order valence-electron chi connectivity index (χ0n) is 22.0. The molecule has 1 aromatic heterocycles. The molecule has 3 aromatic carbocycles. The van der Waals surface area contributed by atoms with Crippen LogP contribution in [0.15, 0.2) is 84.9 Å². The monoisotopic (exact) mass is 493 g/mol. The van der Waals surface area contributed by atoms with Gasteiger partial charge < -0.3 is 5.11 Å². The molecule has 4 aromatic rings. The molecule has 1 heterocycles. The van der Waals surface area contributed by atoms with Crippen molar-refractivity contribution in [3.05, 3.63) is 90.5 Å². The van der Waals surface area contributed by atoms with Gasteiger partial charge in [-0.25, -0.2) is 15.0 Å². The van der Waals surface area contributed by atoms with Crippen molar-refractivity contribution in [2.45, 2.75) is 77.2 Å². The number of aliphatic hydroxyl groups excluding tert-OH is 1. The van der Waals surface area contributed by atoms with Crippen LogP contribution in [0, 0.1) is 0 Å². The first-order valence-corrected chi connectivity index (χ1v) is 13.9. The van der Waals surface area contributed by atoms with Crippen LogP contribution in [-0.4, -0.2) is 26.2 Å². The SMILES string of the molecule is CCCCCCCCCCC(O)Cc1ccc(-c2nc(-c3ccccc3)nc(-c3ccccc3)n2)cc1. The van der Waals surface area contributed by atoms with Crippen molar-refractivity contribution >= 4 is 0 Å². The summed E-state index contributed by atoms with van der Waals surface area (Å²) >= 11 is 0. The van der Waals surface area contributed by atoms with Crippen LogP contribution in [0.4, 0.5) is 0 Å². The van der Waals surface area contributed by atoms with Crippen LogP contribution in [-0.2, 0) is 6.42 Å². The Hall–Kier alpha value is -3.37. The predicted molar refractivity (Wildman–Crippen MR) is 153 cm³/mol. The highest BCUT2D eigenvalue weighted by Gasteiger charge is 2.12. The molecule has 4 nitrogen and oxygen atoms in total. The van der Waals surface area contributed by atoms with Gasteiger partial charge in [0, 0.05) is 16.7 Å². The fourth-order valence-corrected chi connectivity index (χ4v) is 4.62. The number of benzene rings is 3. The summed E-state index contributed by atoms with van der Waals surface area (Å²) in [6.07, 6.45) is 11.5. The summed E-state index contributed by atoms with van der Waals surface area (Å²) in [7, 11) is 0. The molecule has 4 rings (SSSR count). The first-order valence-electron chi connectivity index (χ1n) is 13.9. The Morgan fingerprint density at radius 2 is 0.973 bits per heavy atom. The van der Waals surface area contributed by atoms with Gasteiger partial charge in [-0.2, -0.15) is 0 Å². The summed E-state index contributed by atoms with van der Waals surface area (Å²) in [6, 6.07) is 28.3. The second-order valence-electron chi connectivity index (χ2n) is 9.86. The van der Waals surface area contributed by atoms with Crippen LogP contribution in [0.5, 0.6) is 0 Å². The number of aliphatic hydroxyl groups is 1. The normalized spacial score (nSPS) is 11.9. The van der Waals surface area contributed by atoms with Crippen LogP contribution >= 0.6 is 0 Å². The van der Waals surface area contributed by atoms with Gasteiger partial charge in [0.15, 0.2) is 17.5 Å². The van der Waals surface area contributed by atoms with Gasteiger partial charge in [0.25, 0.3) is 0 Å². The Morgan fingerprint density at radius 3 is 1.46 bits per heavy atom. The van der Waals surface area contributed by atoms with Crippen LogP contribution in [0.25, 0.3) is 34.2 Å². The summed E-state index contributed by atoms with van der Waals surface area (Å²) in [4.78, 5) is 14.4. The van der Waals surface area contributed by atoms with Gasteiger partial charge in [0.05, 0.1) is 6.10 Å². The first-order chi connectivity index (χ1) is 18.2. The van der Waals surface area contributed by atoms with E-state index in [0.29, 0.717) is 23.9 Å². The van der Waals surface area contributed by atoms with E-state index in [9.17, 15) is 5.11 Å². The Morgan fingerprint density at radius 1 is 0.541 bits per heavy atom. The first kappa shape index (κ1) is 26.7. The van der Waals surface area contributed by atoms with Gasteiger partial charge in [-0.3, -0.25) is 0 Å². The second kappa shape index (κ2) is 14.4. The van der Waals surface area contributed by atoms with Gasteiger partial charge in [-0.1, -0.05) is 143 Å². The maximum atomic E-state index is 10.6. The molecule has 0 spiro atoms. The third kappa shape index (κ3) is 8.33. The number of rotatable bonds is 14. The fraction of sp³-hybridized carbons (Fsp3) is 0.364. The minimum atomic E-state index is -0.294. The topological polar surface area (TPSA) is 58.9 Å². The molecule has 0 saturated heterocycles. The van der Waals surface area contributed by atoms with E-state index in [-0.39, 0.29) is 6.10 Å². The molecule has 37 heavy (non-hydrogen) atoms. The molecule has 0 aliphatic rings. The number of nitrogens with zero attached hydrogens (tertiary/aromatic N) is 3. The van der Waals surface area contributed by atoms with Crippen molar-refractivity contribution in [1.29, 1.82) is 0 Å². The lowest BCUT2D eigenvalue weighted by Gasteiger charge is -2.12. The van der Waals surface area contributed by atoms with Crippen LogP contribution in [0.1, 0.15) is 70.3 Å². The van der Waals surface area contributed by atoms with E-state index in [1.807, 2.05) is 60.7 Å². The molecule has 4 heteroatoms. The van der Waals surface area contributed by atoms with E-state index >= 15 is 0 Å². The quantitative estimate of drug-likeness (QED) is 0.179. The number of hydrogen-bond acceptors (Lipinski definition) is 4. The highest BCUT2D eigenvalue weighted by molar-refractivity contribution is 5.66.